The van der Waals surface area contributed by atoms with E-state index in [9.17, 15) is 4.79 Å². The Balaban J connectivity index is 4.11. The van der Waals surface area contributed by atoms with Gasteiger partial charge in [0, 0.05) is 19.6 Å². The van der Waals surface area contributed by atoms with E-state index in [0.29, 0.717) is 6.54 Å². The molecule has 0 heterocycles. The Morgan fingerprint density at radius 3 is 2.20 bits per heavy atom. The van der Waals surface area contributed by atoms with E-state index >= 15 is 0 Å². The van der Waals surface area contributed by atoms with Crippen molar-refractivity contribution >= 4 is 6.09 Å². The minimum Gasteiger partial charge on any atom is -0.444 e. The minimum absolute atomic E-state index is 0.205. The first-order chi connectivity index (χ1) is 9.34. The first-order valence-corrected chi connectivity index (χ1v) is 8.02. The molecule has 0 saturated heterocycles. The molecule has 0 bridgehead atoms. The van der Waals surface area contributed by atoms with Crippen molar-refractivity contribution in [3.63, 3.8) is 0 Å². The Morgan fingerprint density at radius 1 is 1.15 bits per heavy atom. The van der Waals surface area contributed by atoms with Gasteiger partial charge in [-0.05, 0) is 39.7 Å². The molecule has 0 saturated carbocycles. The second-order valence-electron chi connectivity index (χ2n) is 6.35. The number of carbonyl (C=O) groups excluding carboxylic acids is 1. The monoisotopic (exact) mass is 286 g/mol. The smallest absolute Gasteiger partial charge is 0.410 e. The summed E-state index contributed by atoms with van der Waals surface area (Å²) in [6.45, 7) is 15.6. The average Bonchev–Trinajstić information content (AvgIpc) is 2.35. The quantitative estimate of drug-likeness (QED) is 0.658. The predicted octanol–water partition coefficient (Wildman–Crippen LogP) is 3.66. The van der Waals surface area contributed by atoms with E-state index in [1.54, 1.807) is 4.90 Å². The lowest BCUT2D eigenvalue weighted by atomic mass is 10.0. The maximum atomic E-state index is 12.1. The first kappa shape index (κ1) is 19.2. The second kappa shape index (κ2) is 10.0. The molecule has 120 valence electrons. The van der Waals surface area contributed by atoms with Gasteiger partial charge in [0.25, 0.3) is 0 Å². The predicted molar refractivity (Wildman–Crippen MR) is 85.0 cm³/mol. The van der Waals surface area contributed by atoms with Crippen molar-refractivity contribution < 1.29 is 9.53 Å². The van der Waals surface area contributed by atoms with Crippen LogP contribution < -0.4 is 5.32 Å². The molecule has 0 aliphatic rings. The van der Waals surface area contributed by atoms with Gasteiger partial charge in [0.2, 0.25) is 0 Å². The van der Waals surface area contributed by atoms with Gasteiger partial charge in [0.15, 0.2) is 0 Å². The van der Waals surface area contributed by atoms with E-state index in [2.05, 4.69) is 26.1 Å². The summed E-state index contributed by atoms with van der Waals surface area (Å²) >= 11 is 0. The van der Waals surface area contributed by atoms with Crippen molar-refractivity contribution in [1.82, 2.24) is 10.2 Å². The van der Waals surface area contributed by atoms with Crippen molar-refractivity contribution in [2.75, 3.05) is 26.2 Å². The molecule has 4 nitrogen and oxygen atoms in total. The summed E-state index contributed by atoms with van der Waals surface area (Å²) in [7, 11) is 0. The lowest BCUT2D eigenvalue weighted by Gasteiger charge is -2.27. The Hall–Kier alpha value is -0.770. The molecule has 0 atom stereocenters. The van der Waals surface area contributed by atoms with Gasteiger partial charge in [-0.25, -0.2) is 4.79 Å². The van der Waals surface area contributed by atoms with E-state index in [-0.39, 0.29) is 6.09 Å². The van der Waals surface area contributed by atoms with Crippen LogP contribution in [-0.4, -0.2) is 42.8 Å². The number of hydrogen-bond acceptors (Lipinski definition) is 3. The van der Waals surface area contributed by atoms with Crippen molar-refractivity contribution in [3.05, 3.63) is 0 Å². The van der Waals surface area contributed by atoms with E-state index in [0.717, 1.165) is 32.0 Å². The largest absolute Gasteiger partial charge is 0.444 e. The van der Waals surface area contributed by atoms with Gasteiger partial charge in [0.05, 0.1) is 0 Å². The van der Waals surface area contributed by atoms with Crippen LogP contribution in [0.5, 0.6) is 0 Å². The third-order valence-corrected chi connectivity index (χ3v) is 3.29. The van der Waals surface area contributed by atoms with Gasteiger partial charge < -0.3 is 15.0 Å². The van der Waals surface area contributed by atoms with Gasteiger partial charge in [-0.2, -0.15) is 0 Å². The summed E-state index contributed by atoms with van der Waals surface area (Å²) in [5.41, 5.74) is -0.425. The molecule has 0 aliphatic heterocycles. The molecular weight excluding hydrogens is 252 g/mol. The highest BCUT2D eigenvalue weighted by Gasteiger charge is 2.21. The average molecular weight is 286 g/mol. The summed E-state index contributed by atoms with van der Waals surface area (Å²) in [6.07, 6.45) is 3.15. The van der Waals surface area contributed by atoms with E-state index in [1.165, 1.54) is 12.8 Å². The zero-order valence-electron chi connectivity index (χ0n) is 14.3. The highest BCUT2D eigenvalue weighted by Crippen LogP contribution is 2.10. The highest BCUT2D eigenvalue weighted by molar-refractivity contribution is 5.68. The Labute approximate surface area is 125 Å². The third-order valence-electron chi connectivity index (χ3n) is 3.29. The number of nitrogens with zero attached hydrogens (tertiary/aromatic N) is 1. The number of amides is 1. The second-order valence-corrected chi connectivity index (χ2v) is 6.35. The molecular formula is C16H34N2O2. The van der Waals surface area contributed by atoms with Crippen LogP contribution in [-0.2, 0) is 4.74 Å². The molecule has 0 radical (unpaired) electrons. The lowest BCUT2D eigenvalue weighted by molar-refractivity contribution is 0.0251. The molecule has 20 heavy (non-hydrogen) atoms. The number of nitrogens with one attached hydrogen (secondary N) is 1. The summed E-state index contributed by atoms with van der Waals surface area (Å²) < 4.78 is 5.43. The van der Waals surface area contributed by atoms with Crippen LogP contribution in [0.2, 0.25) is 0 Å². The van der Waals surface area contributed by atoms with Crippen LogP contribution in [0.1, 0.15) is 60.8 Å². The summed E-state index contributed by atoms with van der Waals surface area (Å²) in [5, 5.41) is 3.44. The summed E-state index contributed by atoms with van der Waals surface area (Å²) in [5.74, 6) is 0.733. The number of hydrogen-bond donors (Lipinski definition) is 1. The fourth-order valence-electron chi connectivity index (χ4n) is 1.99. The van der Waals surface area contributed by atoms with Crippen LogP contribution in [0.3, 0.4) is 0 Å². The van der Waals surface area contributed by atoms with Crippen LogP contribution in [0.15, 0.2) is 0 Å². The van der Waals surface area contributed by atoms with E-state index in [4.69, 9.17) is 4.74 Å². The minimum atomic E-state index is -0.425. The molecule has 0 rings (SSSR count). The molecule has 0 unspecified atom stereocenters. The van der Waals surface area contributed by atoms with Crippen molar-refractivity contribution in [1.29, 1.82) is 0 Å². The summed E-state index contributed by atoms with van der Waals surface area (Å²) in [6, 6.07) is 0. The molecule has 0 aliphatic carbocycles. The third kappa shape index (κ3) is 9.18. The SMILES string of the molecule is CCCN(CCNCC(CC)CC)C(=O)OC(C)(C)C. The molecule has 1 amide bonds. The fraction of sp³-hybridized carbons (Fsp3) is 0.938. The Bertz CT molecular complexity index is 258. The Kier molecular flexibility index (Phi) is 9.64. The van der Waals surface area contributed by atoms with Crippen molar-refractivity contribution in [2.24, 2.45) is 5.92 Å². The standard InChI is InChI=1S/C16H34N2O2/c1-7-11-18(15(19)20-16(4,5)6)12-10-17-13-14(8-2)9-3/h14,17H,7-13H2,1-6H3. The number of carbonyl (C=O) groups is 1. The molecule has 0 aromatic carbocycles. The zero-order chi connectivity index (χ0) is 15.6. The lowest BCUT2D eigenvalue weighted by Crippen LogP contribution is -2.41. The first-order valence-electron chi connectivity index (χ1n) is 8.02. The van der Waals surface area contributed by atoms with Gasteiger partial charge in [0.1, 0.15) is 5.60 Å². The zero-order valence-corrected chi connectivity index (χ0v) is 14.3. The molecule has 4 heteroatoms. The topological polar surface area (TPSA) is 41.6 Å². The number of ether oxygens (including phenoxy) is 1. The normalized spacial score (nSPS) is 11.8. The fourth-order valence-corrected chi connectivity index (χ4v) is 1.99. The maximum Gasteiger partial charge on any atom is 0.410 e. The molecule has 0 aromatic rings. The van der Waals surface area contributed by atoms with Crippen molar-refractivity contribution in [2.45, 2.75) is 66.4 Å². The summed E-state index contributed by atoms with van der Waals surface area (Å²) in [4.78, 5) is 13.9. The van der Waals surface area contributed by atoms with Gasteiger partial charge >= 0.3 is 6.09 Å². The Morgan fingerprint density at radius 2 is 1.75 bits per heavy atom. The van der Waals surface area contributed by atoms with Crippen LogP contribution in [0, 0.1) is 5.92 Å². The number of rotatable bonds is 9. The van der Waals surface area contributed by atoms with E-state index < -0.39 is 5.60 Å². The van der Waals surface area contributed by atoms with Gasteiger partial charge in [-0.15, -0.1) is 0 Å². The van der Waals surface area contributed by atoms with Crippen LogP contribution in [0.4, 0.5) is 4.79 Å². The molecule has 0 fully saturated rings. The van der Waals surface area contributed by atoms with E-state index in [1.807, 2.05) is 20.8 Å². The molecule has 0 spiro atoms. The van der Waals surface area contributed by atoms with Crippen molar-refractivity contribution in [3.8, 4) is 0 Å². The molecule has 1 N–H and O–H groups in total. The highest BCUT2D eigenvalue weighted by atomic mass is 16.6. The molecule has 0 aromatic heterocycles. The maximum absolute atomic E-state index is 12.1. The van der Waals surface area contributed by atoms with Crippen LogP contribution in [0.25, 0.3) is 0 Å². The van der Waals surface area contributed by atoms with Crippen LogP contribution >= 0.6 is 0 Å². The van der Waals surface area contributed by atoms with Gasteiger partial charge in [-0.1, -0.05) is 33.6 Å². The van der Waals surface area contributed by atoms with Gasteiger partial charge in [-0.3, -0.25) is 0 Å².